The molecule has 1 aromatic heterocycles. The third-order valence-corrected chi connectivity index (χ3v) is 3.11. The van der Waals surface area contributed by atoms with Crippen LogP contribution in [0.15, 0.2) is 24.3 Å². The molecule has 1 N–H and O–H groups in total. The predicted octanol–water partition coefficient (Wildman–Crippen LogP) is 3.37. The van der Waals surface area contributed by atoms with Crippen LogP contribution in [-0.2, 0) is 0 Å². The van der Waals surface area contributed by atoms with Crippen LogP contribution in [0.4, 0.5) is 13.2 Å². The lowest BCUT2D eigenvalue weighted by Gasteiger charge is -2.23. The number of H-pyrrole nitrogens is 1. The zero-order valence-electron chi connectivity index (χ0n) is 11.6. The summed E-state index contributed by atoms with van der Waals surface area (Å²) in [5.74, 6) is -0.696. The molecule has 1 heterocycles. The maximum absolute atomic E-state index is 12.6. The highest BCUT2D eigenvalue weighted by Crippen LogP contribution is 2.21. The Morgan fingerprint density at radius 3 is 2.71 bits per heavy atom. The van der Waals surface area contributed by atoms with Gasteiger partial charge in [-0.1, -0.05) is 31.5 Å². The van der Waals surface area contributed by atoms with E-state index >= 15 is 0 Å². The van der Waals surface area contributed by atoms with Gasteiger partial charge in [0.05, 0.1) is 5.52 Å². The van der Waals surface area contributed by atoms with Crippen LogP contribution in [0, 0.1) is 0 Å². The minimum Gasteiger partial charge on any atom is -0.328 e. The van der Waals surface area contributed by atoms with Crippen molar-refractivity contribution in [3.8, 4) is 0 Å². The highest BCUT2D eigenvalue weighted by molar-refractivity contribution is 6.04. The first kappa shape index (κ1) is 15.3. The number of para-hydroxylation sites is 1. The number of aromatic nitrogens is 2. The lowest BCUT2D eigenvalue weighted by molar-refractivity contribution is -0.140. The number of carbonyl (C=O) groups is 1. The molecule has 0 spiro atoms. The van der Waals surface area contributed by atoms with Gasteiger partial charge in [-0.25, -0.2) is 0 Å². The van der Waals surface area contributed by atoms with Gasteiger partial charge in [-0.2, -0.15) is 18.3 Å². The average molecular weight is 299 g/mol. The fourth-order valence-corrected chi connectivity index (χ4v) is 2.09. The van der Waals surface area contributed by atoms with Crippen LogP contribution in [0.1, 0.15) is 30.3 Å². The Bertz CT molecular complexity index is 621. The van der Waals surface area contributed by atoms with Gasteiger partial charge in [0, 0.05) is 11.9 Å². The second-order valence-electron chi connectivity index (χ2n) is 4.81. The summed E-state index contributed by atoms with van der Waals surface area (Å²) in [6, 6.07) is 6.87. The second-order valence-corrected chi connectivity index (χ2v) is 4.81. The molecule has 0 fully saturated rings. The number of halogens is 3. The fourth-order valence-electron chi connectivity index (χ4n) is 2.09. The maximum atomic E-state index is 12.6. The van der Waals surface area contributed by atoms with Crippen molar-refractivity contribution < 1.29 is 18.0 Å². The van der Waals surface area contributed by atoms with Gasteiger partial charge in [-0.05, 0) is 12.5 Å². The van der Waals surface area contributed by atoms with Crippen molar-refractivity contribution in [3.05, 3.63) is 30.0 Å². The Kier molecular flexibility index (Phi) is 4.50. The van der Waals surface area contributed by atoms with Crippen molar-refractivity contribution >= 4 is 16.8 Å². The van der Waals surface area contributed by atoms with Crippen LogP contribution < -0.4 is 0 Å². The van der Waals surface area contributed by atoms with Crippen molar-refractivity contribution in [1.82, 2.24) is 15.1 Å². The van der Waals surface area contributed by atoms with E-state index in [1.807, 2.05) is 6.92 Å². The smallest absolute Gasteiger partial charge is 0.328 e. The number of nitrogens with one attached hydrogen (secondary N) is 1. The Labute approximate surface area is 119 Å². The Morgan fingerprint density at radius 2 is 2.05 bits per heavy atom. The second kappa shape index (κ2) is 6.15. The number of fused-ring (bicyclic) bond motifs is 1. The summed E-state index contributed by atoms with van der Waals surface area (Å²) < 4.78 is 37.9. The molecule has 0 saturated heterocycles. The van der Waals surface area contributed by atoms with Crippen LogP contribution in [0.5, 0.6) is 0 Å². The molecular formula is C14H16F3N3O. The summed E-state index contributed by atoms with van der Waals surface area (Å²) in [6.45, 7) is 0.670. The highest BCUT2D eigenvalue weighted by atomic mass is 19.4. The molecule has 0 saturated carbocycles. The standard InChI is InChI=1S/C14H16F3N3O/c1-2-3-8-20(9-14(15,16)17)13(21)12-10-6-4-5-7-11(10)18-19-12/h4-7H,2-3,8-9H2,1H3,(H,18,19). The van der Waals surface area contributed by atoms with Gasteiger partial charge in [0.2, 0.25) is 0 Å². The van der Waals surface area contributed by atoms with Gasteiger partial charge in [-0.15, -0.1) is 0 Å². The average Bonchev–Trinajstić information content (AvgIpc) is 2.85. The number of alkyl halides is 3. The van der Waals surface area contributed by atoms with Crippen LogP contribution in [0.3, 0.4) is 0 Å². The van der Waals surface area contributed by atoms with Gasteiger partial charge in [-0.3, -0.25) is 9.89 Å². The van der Waals surface area contributed by atoms with Crippen molar-refractivity contribution in [2.24, 2.45) is 0 Å². The molecule has 4 nitrogen and oxygen atoms in total. The van der Waals surface area contributed by atoms with Crippen molar-refractivity contribution in [2.45, 2.75) is 25.9 Å². The first-order valence-electron chi connectivity index (χ1n) is 6.71. The number of hydrogen-bond donors (Lipinski definition) is 1. The normalized spacial score (nSPS) is 11.8. The van der Waals surface area contributed by atoms with E-state index in [1.54, 1.807) is 24.3 Å². The molecule has 1 aromatic carbocycles. The molecule has 0 unspecified atom stereocenters. The largest absolute Gasteiger partial charge is 0.406 e. The zero-order valence-corrected chi connectivity index (χ0v) is 11.6. The Balaban J connectivity index is 2.28. The molecule has 0 bridgehead atoms. The van der Waals surface area contributed by atoms with Gasteiger partial charge in [0.15, 0.2) is 5.69 Å². The molecule has 0 atom stereocenters. The lowest BCUT2D eigenvalue weighted by Crippen LogP contribution is -2.39. The maximum Gasteiger partial charge on any atom is 0.406 e. The van der Waals surface area contributed by atoms with E-state index in [4.69, 9.17) is 0 Å². The summed E-state index contributed by atoms with van der Waals surface area (Å²) in [6.07, 6.45) is -3.19. The van der Waals surface area contributed by atoms with E-state index in [2.05, 4.69) is 10.2 Å². The molecule has 1 amide bonds. The van der Waals surface area contributed by atoms with Crippen LogP contribution in [0.2, 0.25) is 0 Å². The minimum atomic E-state index is -4.42. The monoisotopic (exact) mass is 299 g/mol. The summed E-state index contributed by atoms with van der Waals surface area (Å²) in [4.78, 5) is 13.2. The van der Waals surface area contributed by atoms with E-state index in [-0.39, 0.29) is 12.2 Å². The predicted molar refractivity (Wildman–Crippen MR) is 73.0 cm³/mol. The number of benzene rings is 1. The van der Waals surface area contributed by atoms with Gasteiger partial charge >= 0.3 is 6.18 Å². The number of amides is 1. The number of nitrogens with zero attached hydrogens (tertiary/aromatic N) is 2. The number of aromatic amines is 1. The van der Waals surface area contributed by atoms with E-state index in [0.29, 0.717) is 23.7 Å². The Hall–Kier alpha value is -2.05. The molecule has 0 radical (unpaired) electrons. The minimum absolute atomic E-state index is 0.0333. The van der Waals surface area contributed by atoms with Crippen LogP contribution >= 0.6 is 0 Å². The fraction of sp³-hybridized carbons (Fsp3) is 0.429. The van der Waals surface area contributed by atoms with E-state index < -0.39 is 18.6 Å². The molecule has 2 aromatic rings. The summed E-state index contributed by atoms with van der Waals surface area (Å²) in [5.41, 5.74) is 0.661. The molecule has 7 heteroatoms. The molecule has 0 aliphatic carbocycles. The first-order chi connectivity index (χ1) is 9.92. The third-order valence-electron chi connectivity index (χ3n) is 3.11. The van der Waals surface area contributed by atoms with Gasteiger partial charge in [0.1, 0.15) is 6.54 Å². The summed E-state index contributed by atoms with van der Waals surface area (Å²) in [5, 5.41) is 7.07. The first-order valence-corrected chi connectivity index (χ1v) is 6.71. The SMILES string of the molecule is CCCCN(CC(F)(F)F)C(=O)c1n[nH]c2ccccc12. The molecule has 0 aliphatic heterocycles. The van der Waals surface area contributed by atoms with Gasteiger partial charge in [0.25, 0.3) is 5.91 Å². The molecule has 114 valence electrons. The zero-order chi connectivity index (χ0) is 15.5. The van der Waals surface area contributed by atoms with Gasteiger partial charge < -0.3 is 4.90 Å². The quantitative estimate of drug-likeness (QED) is 0.920. The summed E-state index contributed by atoms with van der Waals surface area (Å²) >= 11 is 0. The summed E-state index contributed by atoms with van der Waals surface area (Å²) in [7, 11) is 0. The van der Waals surface area contributed by atoms with E-state index in [9.17, 15) is 18.0 Å². The molecule has 2 rings (SSSR count). The number of hydrogen-bond acceptors (Lipinski definition) is 2. The molecule has 21 heavy (non-hydrogen) atoms. The van der Waals surface area contributed by atoms with Crippen molar-refractivity contribution in [2.75, 3.05) is 13.1 Å². The van der Waals surface area contributed by atoms with Crippen LogP contribution in [0.25, 0.3) is 10.9 Å². The Morgan fingerprint density at radius 1 is 1.33 bits per heavy atom. The van der Waals surface area contributed by atoms with Crippen molar-refractivity contribution in [1.29, 1.82) is 0 Å². The third kappa shape index (κ3) is 3.74. The lowest BCUT2D eigenvalue weighted by atomic mass is 10.2. The van der Waals surface area contributed by atoms with Crippen LogP contribution in [-0.4, -0.2) is 40.3 Å². The topological polar surface area (TPSA) is 49.0 Å². The number of unbranched alkanes of at least 4 members (excludes halogenated alkanes) is 1. The molecule has 0 aliphatic rings. The number of rotatable bonds is 5. The van der Waals surface area contributed by atoms with Crippen molar-refractivity contribution in [3.63, 3.8) is 0 Å². The van der Waals surface area contributed by atoms with E-state index in [1.165, 1.54) is 0 Å². The molecular weight excluding hydrogens is 283 g/mol. The number of carbonyl (C=O) groups excluding carboxylic acids is 1. The van der Waals surface area contributed by atoms with E-state index in [0.717, 1.165) is 4.90 Å². The highest BCUT2D eigenvalue weighted by Gasteiger charge is 2.34.